The minimum atomic E-state index is -0.378. The van der Waals surface area contributed by atoms with Crippen LogP contribution < -0.4 is 11.1 Å². The van der Waals surface area contributed by atoms with Crippen LogP contribution in [0, 0.1) is 6.92 Å². The number of amides is 1. The molecular formula is C18H28N2O. The Morgan fingerprint density at radius 3 is 2.43 bits per heavy atom. The maximum Gasteiger partial charge on any atom is 0.230 e. The largest absolute Gasteiger partial charge is 0.354 e. The first-order chi connectivity index (χ1) is 9.85. The fraction of sp³-hybridized carbons (Fsp3) is 0.611. The number of carbonyl (C=O) groups is 1. The van der Waals surface area contributed by atoms with Crippen molar-refractivity contribution >= 4 is 5.91 Å². The molecule has 3 nitrogen and oxygen atoms in total. The van der Waals surface area contributed by atoms with E-state index in [1.54, 1.807) is 0 Å². The van der Waals surface area contributed by atoms with Gasteiger partial charge in [0.2, 0.25) is 5.91 Å². The topological polar surface area (TPSA) is 55.1 Å². The highest BCUT2D eigenvalue weighted by molar-refractivity contribution is 5.88. The Kier molecular flexibility index (Phi) is 4.72. The Morgan fingerprint density at radius 1 is 1.24 bits per heavy atom. The van der Waals surface area contributed by atoms with Gasteiger partial charge >= 0.3 is 0 Å². The smallest absolute Gasteiger partial charge is 0.230 e. The highest BCUT2D eigenvalue weighted by atomic mass is 16.2. The van der Waals surface area contributed by atoms with Crippen LogP contribution in [0.25, 0.3) is 0 Å². The minimum Gasteiger partial charge on any atom is -0.354 e. The van der Waals surface area contributed by atoms with Gasteiger partial charge in [0.25, 0.3) is 0 Å². The van der Waals surface area contributed by atoms with Crippen molar-refractivity contribution in [3.63, 3.8) is 0 Å². The van der Waals surface area contributed by atoms with E-state index in [2.05, 4.69) is 24.4 Å². The summed E-state index contributed by atoms with van der Waals surface area (Å²) in [6, 6.07) is 8.30. The van der Waals surface area contributed by atoms with Gasteiger partial charge in [0, 0.05) is 12.1 Å². The average molecular weight is 288 g/mol. The second-order valence-corrected chi connectivity index (χ2v) is 7.13. The first-order valence-corrected chi connectivity index (χ1v) is 7.98. The standard InChI is InChI=1S/C18H28N2O/c1-14-9-5-6-10-15(14)18(11-7-4-8-12-18)16(21)20-13-17(2,3)19/h5-6,9-10H,4,7-8,11-13,19H2,1-3H3,(H,20,21). The summed E-state index contributed by atoms with van der Waals surface area (Å²) in [5, 5.41) is 3.09. The van der Waals surface area contributed by atoms with E-state index in [1.165, 1.54) is 17.5 Å². The predicted molar refractivity (Wildman–Crippen MR) is 87.2 cm³/mol. The summed E-state index contributed by atoms with van der Waals surface area (Å²) in [5.41, 5.74) is 7.67. The molecule has 0 saturated heterocycles. The summed E-state index contributed by atoms with van der Waals surface area (Å²) < 4.78 is 0. The lowest BCUT2D eigenvalue weighted by Crippen LogP contribution is -2.52. The average Bonchev–Trinajstić information content (AvgIpc) is 2.45. The molecule has 0 radical (unpaired) electrons. The summed E-state index contributed by atoms with van der Waals surface area (Å²) in [6.07, 6.45) is 5.34. The fourth-order valence-electron chi connectivity index (χ4n) is 3.36. The second-order valence-electron chi connectivity index (χ2n) is 7.13. The number of rotatable bonds is 4. The Bertz CT molecular complexity index is 496. The quantitative estimate of drug-likeness (QED) is 0.894. The number of nitrogens with one attached hydrogen (secondary N) is 1. The van der Waals surface area contributed by atoms with Gasteiger partial charge in [-0.15, -0.1) is 0 Å². The van der Waals surface area contributed by atoms with E-state index in [0.29, 0.717) is 6.54 Å². The molecule has 0 bridgehead atoms. The maximum absolute atomic E-state index is 13.0. The van der Waals surface area contributed by atoms with E-state index >= 15 is 0 Å². The summed E-state index contributed by atoms with van der Waals surface area (Å²) in [7, 11) is 0. The van der Waals surface area contributed by atoms with Crippen molar-refractivity contribution in [1.82, 2.24) is 5.32 Å². The van der Waals surface area contributed by atoms with E-state index in [0.717, 1.165) is 25.7 Å². The number of carbonyl (C=O) groups excluding carboxylic acids is 1. The SMILES string of the molecule is Cc1ccccc1C1(C(=O)NCC(C)(C)N)CCCCC1. The molecule has 1 fully saturated rings. The van der Waals surface area contributed by atoms with Crippen LogP contribution in [0.4, 0.5) is 0 Å². The third-order valence-corrected chi connectivity index (χ3v) is 4.51. The summed E-state index contributed by atoms with van der Waals surface area (Å²) in [5.74, 6) is 0.148. The Hall–Kier alpha value is -1.35. The molecule has 0 aliphatic heterocycles. The van der Waals surface area contributed by atoms with Crippen LogP contribution in [0.2, 0.25) is 0 Å². The highest BCUT2D eigenvalue weighted by Crippen LogP contribution is 2.41. The molecule has 3 N–H and O–H groups in total. The van der Waals surface area contributed by atoms with Crippen LogP contribution in [0.15, 0.2) is 24.3 Å². The lowest BCUT2D eigenvalue weighted by atomic mass is 9.67. The van der Waals surface area contributed by atoms with Gasteiger partial charge in [-0.25, -0.2) is 0 Å². The van der Waals surface area contributed by atoms with Crippen molar-refractivity contribution in [1.29, 1.82) is 0 Å². The zero-order valence-corrected chi connectivity index (χ0v) is 13.5. The molecule has 1 aromatic rings. The van der Waals surface area contributed by atoms with Crippen molar-refractivity contribution in [2.75, 3.05) is 6.54 Å². The molecule has 0 atom stereocenters. The Labute approximate surface area is 128 Å². The van der Waals surface area contributed by atoms with Crippen LogP contribution in [-0.2, 0) is 10.2 Å². The van der Waals surface area contributed by atoms with E-state index in [1.807, 2.05) is 26.0 Å². The molecule has 1 saturated carbocycles. The summed E-state index contributed by atoms with van der Waals surface area (Å²) >= 11 is 0. The maximum atomic E-state index is 13.0. The molecule has 0 aromatic heterocycles. The zero-order valence-electron chi connectivity index (χ0n) is 13.5. The van der Waals surface area contributed by atoms with Gasteiger partial charge in [-0.3, -0.25) is 4.79 Å². The minimum absolute atomic E-state index is 0.148. The van der Waals surface area contributed by atoms with Gasteiger partial charge in [0.15, 0.2) is 0 Å². The van der Waals surface area contributed by atoms with Crippen LogP contribution >= 0.6 is 0 Å². The molecule has 0 spiro atoms. The molecule has 1 aliphatic rings. The van der Waals surface area contributed by atoms with Gasteiger partial charge in [0.1, 0.15) is 0 Å². The number of nitrogens with two attached hydrogens (primary N) is 1. The Balaban J connectivity index is 2.29. The summed E-state index contributed by atoms with van der Waals surface area (Å²) in [6.45, 7) is 6.49. The van der Waals surface area contributed by atoms with Gasteiger partial charge < -0.3 is 11.1 Å². The fourth-order valence-corrected chi connectivity index (χ4v) is 3.36. The van der Waals surface area contributed by atoms with Crippen molar-refractivity contribution in [3.05, 3.63) is 35.4 Å². The number of hydrogen-bond donors (Lipinski definition) is 2. The number of aryl methyl sites for hydroxylation is 1. The molecule has 1 amide bonds. The van der Waals surface area contributed by atoms with E-state index in [-0.39, 0.29) is 16.9 Å². The molecule has 3 heteroatoms. The molecule has 2 rings (SSSR count). The first kappa shape index (κ1) is 16.0. The highest BCUT2D eigenvalue weighted by Gasteiger charge is 2.41. The lowest BCUT2D eigenvalue weighted by molar-refractivity contribution is -0.128. The summed E-state index contributed by atoms with van der Waals surface area (Å²) in [4.78, 5) is 13.0. The Morgan fingerprint density at radius 2 is 1.86 bits per heavy atom. The predicted octanol–water partition coefficient (Wildman–Crippen LogP) is 3.05. The van der Waals surface area contributed by atoms with Crippen molar-refractivity contribution < 1.29 is 4.79 Å². The van der Waals surface area contributed by atoms with E-state index in [4.69, 9.17) is 5.73 Å². The van der Waals surface area contributed by atoms with Crippen molar-refractivity contribution in [2.24, 2.45) is 5.73 Å². The first-order valence-electron chi connectivity index (χ1n) is 7.98. The molecule has 116 valence electrons. The van der Waals surface area contributed by atoms with Gasteiger partial charge in [-0.1, -0.05) is 43.5 Å². The third-order valence-electron chi connectivity index (χ3n) is 4.51. The van der Waals surface area contributed by atoms with Gasteiger partial charge in [-0.05, 0) is 44.7 Å². The van der Waals surface area contributed by atoms with Crippen LogP contribution in [0.5, 0.6) is 0 Å². The molecule has 1 aromatic carbocycles. The van der Waals surface area contributed by atoms with Gasteiger partial charge in [-0.2, -0.15) is 0 Å². The van der Waals surface area contributed by atoms with Gasteiger partial charge in [0.05, 0.1) is 5.41 Å². The number of benzene rings is 1. The molecule has 21 heavy (non-hydrogen) atoms. The van der Waals surface area contributed by atoms with Crippen molar-refractivity contribution in [2.45, 2.75) is 63.8 Å². The number of hydrogen-bond acceptors (Lipinski definition) is 2. The molecule has 0 heterocycles. The molecule has 1 aliphatic carbocycles. The van der Waals surface area contributed by atoms with Crippen molar-refractivity contribution in [3.8, 4) is 0 Å². The lowest BCUT2D eigenvalue weighted by Gasteiger charge is -2.38. The molecular weight excluding hydrogens is 260 g/mol. The monoisotopic (exact) mass is 288 g/mol. The third kappa shape index (κ3) is 3.65. The molecule has 0 unspecified atom stereocenters. The van der Waals surface area contributed by atoms with Crippen LogP contribution in [-0.4, -0.2) is 18.0 Å². The second kappa shape index (κ2) is 6.18. The van der Waals surface area contributed by atoms with Crippen LogP contribution in [0.1, 0.15) is 57.1 Å². The van der Waals surface area contributed by atoms with E-state index in [9.17, 15) is 4.79 Å². The normalized spacial score (nSPS) is 18.3. The zero-order chi connectivity index (χ0) is 15.5. The van der Waals surface area contributed by atoms with E-state index < -0.39 is 0 Å². The van der Waals surface area contributed by atoms with Crippen LogP contribution in [0.3, 0.4) is 0 Å².